The highest BCUT2D eigenvalue weighted by atomic mass is 35.5. The van der Waals surface area contributed by atoms with Crippen LogP contribution in [0.4, 0.5) is 21.1 Å². The quantitative estimate of drug-likeness (QED) is 0.409. The average Bonchev–Trinajstić information content (AvgIpc) is 3.21. The number of nitrogens with zero attached hydrogens (tertiary/aromatic N) is 5. The van der Waals surface area contributed by atoms with Crippen molar-refractivity contribution in [3.63, 3.8) is 0 Å². The van der Waals surface area contributed by atoms with Crippen LogP contribution in [0.25, 0.3) is 11.1 Å². The van der Waals surface area contributed by atoms with Gasteiger partial charge in [0.1, 0.15) is 22.8 Å². The molecule has 1 amide bonds. The molecule has 2 heterocycles. The molecule has 0 saturated heterocycles. The zero-order chi connectivity index (χ0) is 26.0. The second-order valence-electron chi connectivity index (χ2n) is 9.54. The number of benzene rings is 1. The lowest BCUT2D eigenvalue weighted by molar-refractivity contribution is 0.0513. The van der Waals surface area contributed by atoms with Crippen LogP contribution >= 0.6 is 11.6 Å². The molecule has 186 valence electrons. The summed E-state index contributed by atoms with van der Waals surface area (Å²) < 4.78 is 17.6. The summed E-state index contributed by atoms with van der Waals surface area (Å²) in [6.07, 6.45) is 3.26. The maximum atomic E-state index is 13.1. The first-order chi connectivity index (χ1) is 16.3. The Kier molecular flexibility index (Phi) is 7.35. The van der Waals surface area contributed by atoms with Crippen molar-refractivity contribution in [3.8, 4) is 16.9 Å². The number of halogens is 1. The van der Waals surface area contributed by atoms with E-state index in [1.165, 1.54) is 24.4 Å². The summed E-state index contributed by atoms with van der Waals surface area (Å²) in [5.41, 5.74) is 0.294. The molecule has 0 aliphatic carbocycles. The Morgan fingerprint density at radius 2 is 1.71 bits per heavy atom. The number of ether oxygens (including phenoxy) is 3. The van der Waals surface area contributed by atoms with E-state index < -0.39 is 23.4 Å². The largest absolute Gasteiger partial charge is 0.496 e. The van der Waals surface area contributed by atoms with Gasteiger partial charge in [0.15, 0.2) is 0 Å². The molecule has 0 atom stereocenters. The van der Waals surface area contributed by atoms with Crippen LogP contribution in [0.2, 0.25) is 5.28 Å². The fourth-order valence-electron chi connectivity index (χ4n) is 3.02. The van der Waals surface area contributed by atoms with E-state index in [1.54, 1.807) is 72.0 Å². The maximum absolute atomic E-state index is 13.1. The second-order valence-corrected chi connectivity index (χ2v) is 9.88. The minimum Gasteiger partial charge on any atom is -0.496 e. The molecule has 0 bridgehead atoms. The van der Waals surface area contributed by atoms with Gasteiger partial charge in [-0.3, -0.25) is 0 Å². The van der Waals surface area contributed by atoms with E-state index in [2.05, 4.69) is 15.1 Å². The molecule has 11 heteroatoms. The molecule has 2 aromatic heterocycles. The molecule has 3 rings (SSSR count). The Labute approximate surface area is 208 Å². The van der Waals surface area contributed by atoms with Gasteiger partial charge in [0, 0.05) is 35.7 Å². The van der Waals surface area contributed by atoms with Crippen molar-refractivity contribution in [2.45, 2.75) is 52.7 Å². The third-order valence-corrected chi connectivity index (χ3v) is 4.52. The van der Waals surface area contributed by atoms with Gasteiger partial charge in [-0.2, -0.15) is 14.8 Å². The average molecular weight is 502 g/mol. The number of methoxy groups -OCH3 is 1. The first kappa shape index (κ1) is 26.0. The maximum Gasteiger partial charge on any atom is 0.435 e. The summed E-state index contributed by atoms with van der Waals surface area (Å²) in [4.78, 5) is 34.8. The molecule has 0 fully saturated rings. The van der Waals surface area contributed by atoms with Gasteiger partial charge in [-0.05, 0) is 65.3 Å². The molecule has 3 aromatic rings. The molecule has 0 spiro atoms. The third kappa shape index (κ3) is 6.69. The molecule has 0 saturated carbocycles. The highest BCUT2D eigenvalue weighted by molar-refractivity contribution is 6.28. The Hall–Kier alpha value is -3.66. The van der Waals surface area contributed by atoms with Crippen LogP contribution in [0.1, 0.15) is 41.5 Å². The molecule has 0 aliphatic heterocycles. The molecule has 35 heavy (non-hydrogen) atoms. The van der Waals surface area contributed by atoms with Crippen molar-refractivity contribution in [2.24, 2.45) is 0 Å². The summed E-state index contributed by atoms with van der Waals surface area (Å²) in [5.74, 6) is 0.659. The Balaban J connectivity index is 2.01. The normalized spacial score (nSPS) is 11.7. The van der Waals surface area contributed by atoms with E-state index in [9.17, 15) is 9.59 Å². The van der Waals surface area contributed by atoms with Gasteiger partial charge in [0.25, 0.3) is 0 Å². The van der Waals surface area contributed by atoms with E-state index >= 15 is 0 Å². The van der Waals surface area contributed by atoms with Crippen LogP contribution in [0.15, 0.2) is 42.9 Å². The van der Waals surface area contributed by atoms with Crippen molar-refractivity contribution in [1.29, 1.82) is 0 Å². The Morgan fingerprint density at radius 3 is 2.31 bits per heavy atom. The number of hydrogen-bond donors (Lipinski definition) is 0. The minimum atomic E-state index is -0.744. The highest BCUT2D eigenvalue weighted by Gasteiger charge is 2.27. The number of amides is 1. The predicted octanol–water partition coefficient (Wildman–Crippen LogP) is 5.86. The molecular formula is C24H28ClN5O5. The zero-order valence-corrected chi connectivity index (χ0v) is 21.5. The van der Waals surface area contributed by atoms with Gasteiger partial charge in [-0.15, -0.1) is 0 Å². The zero-order valence-electron chi connectivity index (χ0n) is 20.7. The van der Waals surface area contributed by atoms with Crippen molar-refractivity contribution in [2.75, 3.05) is 12.0 Å². The van der Waals surface area contributed by atoms with Gasteiger partial charge < -0.3 is 14.2 Å². The number of aromatic nitrogens is 4. The molecule has 0 N–H and O–H groups in total. The van der Waals surface area contributed by atoms with Crippen LogP contribution in [-0.2, 0) is 9.47 Å². The van der Waals surface area contributed by atoms with Crippen molar-refractivity contribution in [1.82, 2.24) is 19.7 Å². The summed E-state index contributed by atoms with van der Waals surface area (Å²) in [6, 6.07) is 6.63. The monoisotopic (exact) mass is 501 g/mol. The molecule has 0 radical (unpaired) electrons. The second kappa shape index (κ2) is 9.91. The lowest BCUT2D eigenvalue weighted by Gasteiger charge is -2.27. The first-order valence-corrected chi connectivity index (χ1v) is 11.1. The van der Waals surface area contributed by atoms with Crippen LogP contribution in [-0.4, -0.2) is 50.2 Å². The Bertz CT molecular complexity index is 1230. The fourth-order valence-corrected chi connectivity index (χ4v) is 3.16. The standard InChI is InChI=1S/C24H28ClN5O5/c1-23(2,3)34-21(31)29-14-15(13-27-29)17-9-8-16(12-18(17)33-7)30(22(32)35-24(4,5)6)19-10-11-26-20(25)28-19/h8-14H,1-7H3. The lowest BCUT2D eigenvalue weighted by atomic mass is 10.1. The van der Waals surface area contributed by atoms with Crippen LogP contribution in [0.5, 0.6) is 5.75 Å². The molecular weight excluding hydrogens is 474 g/mol. The number of rotatable bonds is 4. The summed E-state index contributed by atoms with van der Waals surface area (Å²) in [5, 5.41) is 4.09. The number of carbonyl (C=O) groups excluding carboxylic acids is 2. The van der Waals surface area contributed by atoms with Crippen LogP contribution in [0, 0.1) is 0 Å². The molecule has 1 aromatic carbocycles. The molecule has 0 unspecified atom stereocenters. The molecule has 10 nitrogen and oxygen atoms in total. The van der Waals surface area contributed by atoms with Crippen LogP contribution < -0.4 is 9.64 Å². The first-order valence-electron chi connectivity index (χ1n) is 10.8. The number of hydrogen-bond acceptors (Lipinski definition) is 8. The SMILES string of the molecule is COc1cc(N(C(=O)OC(C)(C)C)c2ccnc(Cl)n2)ccc1-c1cnn(C(=O)OC(C)(C)C)c1. The fraction of sp³-hybridized carbons (Fsp3) is 0.375. The third-order valence-electron chi connectivity index (χ3n) is 4.33. The van der Waals surface area contributed by atoms with Crippen molar-refractivity contribution >= 4 is 35.3 Å². The van der Waals surface area contributed by atoms with Gasteiger partial charge in [-0.25, -0.2) is 19.5 Å². The minimum absolute atomic E-state index is 0.0193. The van der Waals surface area contributed by atoms with Crippen LogP contribution in [0.3, 0.4) is 0 Å². The van der Waals surface area contributed by atoms with Crippen molar-refractivity contribution in [3.05, 3.63) is 48.1 Å². The van der Waals surface area contributed by atoms with Gasteiger partial charge in [0.2, 0.25) is 5.28 Å². The lowest BCUT2D eigenvalue weighted by Crippen LogP contribution is -2.34. The number of carbonyl (C=O) groups is 2. The highest BCUT2D eigenvalue weighted by Crippen LogP contribution is 2.36. The van der Waals surface area contributed by atoms with Gasteiger partial charge in [0.05, 0.1) is 19.0 Å². The summed E-state index contributed by atoms with van der Waals surface area (Å²) >= 11 is 5.97. The Morgan fingerprint density at radius 1 is 1.03 bits per heavy atom. The number of anilines is 2. The predicted molar refractivity (Wildman–Crippen MR) is 131 cm³/mol. The van der Waals surface area contributed by atoms with E-state index in [0.29, 0.717) is 22.6 Å². The van der Waals surface area contributed by atoms with E-state index in [4.69, 9.17) is 25.8 Å². The van der Waals surface area contributed by atoms with E-state index in [0.717, 1.165) is 4.68 Å². The van der Waals surface area contributed by atoms with Crippen molar-refractivity contribution < 1.29 is 23.8 Å². The van der Waals surface area contributed by atoms with Gasteiger partial charge >= 0.3 is 12.2 Å². The summed E-state index contributed by atoms with van der Waals surface area (Å²) in [6.45, 7) is 10.6. The topological polar surface area (TPSA) is 109 Å². The van der Waals surface area contributed by atoms with E-state index in [1.807, 2.05) is 0 Å². The summed E-state index contributed by atoms with van der Waals surface area (Å²) in [7, 11) is 1.50. The van der Waals surface area contributed by atoms with Gasteiger partial charge in [-0.1, -0.05) is 0 Å². The molecule has 0 aliphatic rings. The smallest absolute Gasteiger partial charge is 0.435 e. The van der Waals surface area contributed by atoms with E-state index in [-0.39, 0.29) is 11.1 Å².